The quantitative estimate of drug-likeness (QED) is 0.794. The highest BCUT2D eigenvalue weighted by atomic mass is 32.2. The average Bonchev–Trinajstić information content (AvgIpc) is 2.45. The first-order chi connectivity index (χ1) is 10.0. The molecule has 1 atom stereocenters. The molecule has 1 heterocycles. The number of hydrogen-bond donors (Lipinski definition) is 2. The lowest BCUT2D eigenvalue weighted by molar-refractivity contribution is 0.897. The van der Waals surface area contributed by atoms with Gasteiger partial charge in [0.2, 0.25) is 11.9 Å². The van der Waals surface area contributed by atoms with E-state index < -0.39 is 0 Å². The molecule has 1 aromatic heterocycles. The van der Waals surface area contributed by atoms with Crippen LogP contribution in [0.5, 0.6) is 0 Å². The van der Waals surface area contributed by atoms with Gasteiger partial charge < -0.3 is 11.1 Å². The molecule has 21 heavy (non-hydrogen) atoms. The average molecular weight is 301 g/mol. The van der Waals surface area contributed by atoms with Crippen molar-refractivity contribution in [2.45, 2.75) is 19.1 Å². The van der Waals surface area contributed by atoms with Gasteiger partial charge in [-0.15, -0.1) is 11.8 Å². The van der Waals surface area contributed by atoms with Crippen molar-refractivity contribution in [3.05, 3.63) is 48.3 Å². The van der Waals surface area contributed by atoms with Gasteiger partial charge in [-0.25, -0.2) is 0 Å². The third-order valence-electron chi connectivity index (χ3n) is 2.64. The van der Waals surface area contributed by atoms with Gasteiger partial charge in [0, 0.05) is 11.4 Å². The van der Waals surface area contributed by atoms with Crippen molar-refractivity contribution in [3.63, 3.8) is 0 Å². The summed E-state index contributed by atoms with van der Waals surface area (Å²) in [5.74, 6) is 2.23. The maximum atomic E-state index is 5.78. The molecular weight excluding hydrogens is 282 g/mol. The summed E-state index contributed by atoms with van der Waals surface area (Å²) in [6.07, 6.45) is 0. The number of hydrogen-bond acceptors (Lipinski definition) is 6. The third kappa shape index (κ3) is 4.75. The molecule has 0 saturated carbocycles. The van der Waals surface area contributed by atoms with E-state index in [1.165, 1.54) is 0 Å². The van der Waals surface area contributed by atoms with Gasteiger partial charge in [-0.05, 0) is 26.0 Å². The second-order valence-corrected chi connectivity index (χ2v) is 6.11. The van der Waals surface area contributed by atoms with Gasteiger partial charge in [0.05, 0.1) is 5.25 Å². The van der Waals surface area contributed by atoms with Crippen molar-refractivity contribution in [3.8, 4) is 0 Å². The largest absolute Gasteiger partial charge is 0.368 e. The zero-order valence-electron chi connectivity index (χ0n) is 12.2. The number of nitrogens with one attached hydrogen (secondary N) is 1. The Balaban J connectivity index is 2.15. The fourth-order valence-electron chi connectivity index (χ4n) is 1.64. The summed E-state index contributed by atoms with van der Waals surface area (Å²) < 4.78 is 0. The molecule has 6 heteroatoms. The number of nitrogens with zero attached hydrogens (tertiary/aromatic N) is 3. The van der Waals surface area contributed by atoms with Crippen LogP contribution in [0.3, 0.4) is 0 Å². The van der Waals surface area contributed by atoms with Crippen molar-refractivity contribution < 1.29 is 0 Å². The van der Waals surface area contributed by atoms with Gasteiger partial charge in [-0.2, -0.15) is 15.0 Å². The molecule has 0 radical (unpaired) electrons. The van der Waals surface area contributed by atoms with Crippen LogP contribution in [0.15, 0.2) is 42.5 Å². The molecule has 2 aromatic rings. The second kappa shape index (κ2) is 7.08. The van der Waals surface area contributed by atoms with E-state index in [-0.39, 0.29) is 11.2 Å². The molecule has 0 aliphatic heterocycles. The molecular formula is C15H19N5S. The first kappa shape index (κ1) is 15.3. The van der Waals surface area contributed by atoms with Crippen LogP contribution in [0.1, 0.15) is 24.9 Å². The highest BCUT2D eigenvalue weighted by Gasteiger charge is 2.12. The van der Waals surface area contributed by atoms with Gasteiger partial charge in [0.25, 0.3) is 0 Å². The highest BCUT2D eigenvalue weighted by Crippen LogP contribution is 2.27. The van der Waals surface area contributed by atoms with E-state index in [0.717, 1.165) is 17.0 Å². The SMILES string of the molecule is C=C(C)CSC(C)c1nc(N)nc(Nc2ccccc2)n1. The minimum Gasteiger partial charge on any atom is -0.368 e. The van der Waals surface area contributed by atoms with E-state index in [0.29, 0.717) is 11.8 Å². The van der Waals surface area contributed by atoms with Gasteiger partial charge in [-0.1, -0.05) is 30.4 Å². The fourth-order valence-corrected chi connectivity index (χ4v) is 2.43. The fraction of sp³-hybridized carbons (Fsp3) is 0.267. The van der Waals surface area contributed by atoms with Gasteiger partial charge >= 0.3 is 0 Å². The molecule has 1 aromatic carbocycles. The van der Waals surface area contributed by atoms with Crippen molar-refractivity contribution in [1.29, 1.82) is 0 Å². The number of thioether (sulfide) groups is 1. The molecule has 0 spiro atoms. The molecule has 1 unspecified atom stereocenters. The summed E-state index contributed by atoms with van der Waals surface area (Å²) in [5, 5.41) is 3.26. The number of nitrogen functional groups attached to an aromatic ring is 1. The Bertz CT molecular complexity index is 615. The summed E-state index contributed by atoms with van der Waals surface area (Å²) in [5.41, 5.74) is 7.81. The minimum absolute atomic E-state index is 0.128. The smallest absolute Gasteiger partial charge is 0.232 e. The molecule has 0 saturated heterocycles. The van der Waals surface area contributed by atoms with Crippen molar-refractivity contribution in [2.24, 2.45) is 0 Å². The second-order valence-electron chi connectivity index (χ2n) is 4.78. The molecule has 3 N–H and O–H groups in total. The first-order valence-electron chi connectivity index (χ1n) is 6.64. The van der Waals surface area contributed by atoms with Gasteiger partial charge in [0.15, 0.2) is 0 Å². The monoisotopic (exact) mass is 301 g/mol. The summed E-state index contributed by atoms with van der Waals surface area (Å²) in [6.45, 7) is 7.95. The Kier molecular flexibility index (Phi) is 5.16. The Hall–Kier alpha value is -2.08. The normalized spacial score (nSPS) is 11.9. The van der Waals surface area contributed by atoms with Crippen LogP contribution in [0.4, 0.5) is 17.6 Å². The molecule has 5 nitrogen and oxygen atoms in total. The molecule has 110 valence electrons. The molecule has 0 aliphatic carbocycles. The minimum atomic E-state index is 0.128. The van der Waals surface area contributed by atoms with Crippen LogP contribution in [0.2, 0.25) is 0 Å². The number of benzene rings is 1. The summed E-state index contributed by atoms with van der Waals surface area (Å²) in [7, 11) is 0. The predicted octanol–water partition coefficient (Wildman–Crippen LogP) is 3.57. The highest BCUT2D eigenvalue weighted by molar-refractivity contribution is 7.99. The van der Waals surface area contributed by atoms with Crippen LogP contribution in [-0.4, -0.2) is 20.7 Å². The van der Waals surface area contributed by atoms with E-state index in [1.54, 1.807) is 11.8 Å². The van der Waals surface area contributed by atoms with E-state index in [4.69, 9.17) is 5.73 Å². The lowest BCUT2D eigenvalue weighted by Crippen LogP contribution is -2.08. The predicted molar refractivity (Wildman–Crippen MR) is 89.7 cm³/mol. The number of nitrogens with two attached hydrogens (primary N) is 1. The number of aromatic nitrogens is 3. The van der Waals surface area contributed by atoms with Gasteiger partial charge in [-0.3, -0.25) is 0 Å². The maximum absolute atomic E-state index is 5.78. The molecule has 0 fully saturated rings. The number of rotatable bonds is 6. The van der Waals surface area contributed by atoms with Crippen molar-refractivity contribution in [2.75, 3.05) is 16.8 Å². The van der Waals surface area contributed by atoms with E-state index in [1.807, 2.05) is 37.3 Å². The number of anilines is 3. The molecule has 2 rings (SSSR count). The van der Waals surface area contributed by atoms with Crippen LogP contribution in [0, 0.1) is 0 Å². The van der Waals surface area contributed by atoms with E-state index in [9.17, 15) is 0 Å². The molecule has 0 aliphatic rings. The van der Waals surface area contributed by atoms with Crippen molar-refractivity contribution >= 4 is 29.3 Å². The van der Waals surface area contributed by atoms with Crippen LogP contribution in [0.25, 0.3) is 0 Å². The standard InChI is InChI=1S/C15H19N5S/c1-10(2)9-21-11(3)13-18-14(16)20-15(19-13)17-12-7-5-4-6-8-12/h4-8,11H,1,9H2,2-3H3,(H3,16,17,18,19,20). The van der Waals surface area contributed by atoms with E-state index >= 15 is 0 Å². The maximum Gasteiger partial charge on any atom is 0.232 e. The first-order valence-corrected chi connectivity index (χ1v) is 7.69. The Labute approximate surface area is 129 Å². The molecule has 0 amide bonds. The lowest BCUT2D eigenvalue weighted by Gasteiger charge is -2.12. The summed E-state index contributed by atoms with van der Waals surface area (Å²) in [4.78, 5) is 12.8. The van der Waals surface area contributed by atoms with Crippen LogP contribution >= 0.6 is 11.8 Å². The van der Waals surface area contributed by atoms with E-state index in [2.05, 4.69) is 33.8 Å². The van der Waals surface area contributed by atoms with Gasteiger partial charge in [0.1, 0.15) is 5.82 Å². The number of para-hydroxylation sites is 1. The lowest BCUT2D eigenvalue weighted by atomic mass is 10.3. The summed E-state index contributed by atoms with van der Waals surface area (Å²) in [6, 6.07) is 9.73. The topological polar surface area (TPSA) is 76.7 Å². The summed E-state index contributed by atoms with van der Waals surface area (Å²) >= 11 is 1.73. The van der Waals surface area contributed by atoms with Crippen LogP contribution < -0.4 is 11.1 Å². The molecule has 0 bridgehead atoms. The van der Waals surface area contributed by atoms with Crippen molar-refractivity contribution in [1.82, 2.24) is 15.0 Å². The Morgan fingerprint density at radius 2 is 2.00 bits per heavy atom. The zero-order valence-corrected chi connectivity index (χ0v) is 13.0. The van der Waals surface area contributed by atoms with Crippen LogP contribution in [-0.2, 0) is 0 Å². The Morgan fingerprint density at radius 3 is 2.67 bits per heavy atom. The Morgan fingerprint density at radius 1 is 1.29 bits per heavy atom. The third-order valence-corrected chi connectivity index (χ3v) is 4.01. The zero-order chi connectivity index (χ0) is 15.2.